The number of hydrogen-bond acceptors (Lipinski definition) is 5. The molecule has 0 aliphatic heterocycles. The molecule has 2 N–H and O–H groups in total. The molecule has 2 rings (SSSR count). The largest absolute Gasteiger partial charge is 0.479 e. The number of benzene rings is 1. The quantitative estimate of drug-likeness (QED) is 0.805. The monoisotopic (exact) mass is 365 g/mol. The van der Waals surface area contributed by atoms with E-state index in [0.29, 0.717) is 5.69 Å². The summed E-state index contributed by atoms with van der Waals surface area (Å²) in [6.45, 7) is 4.52. The van der Waals surface area contributed by atoms with E-state index in [1.54, 1.807) is 6.92 Å². The van der Waals surface area contributed by atoms with Crippen LogP contribution in [0.3, 0.4) is 0 Å². The zero-order valence-corrected chi connectivity index (χ0v) is 14.9. The Balaban J connectivity index is 2.16. The lowest BCUT2D eigenvalue weighted by atomic mass is 10.1. The molecule has 25 heavy (non-hydrogen) atoms. The number of aromatic nitrogens is 2. The van der Waals surface area contributed by atoms with E-state index < -0.39 is 27.3 Å². The van der Waals surface area contributed by atoms with Gasteiger partial charge in [-0.2, -0.15) is 5.10 Å². The van der Waals surface area contributed by atoms with Crippen molar-refractivity contribution in [3.8, 4) is 0 Å². The molecule has 1 aromatic carbocycles. The van der Waals surface area contributed by atoms with Crippen LogP contribution in [-0.2, 0) is 20.2 Å². The SMILES string of the molecule is CCS(=O)(=O)c1ccc(C(=O)Nc2cnn(C(C)(C)C(=O)O)c2)cc1. The second-order valence-electron chi connectivity index (χ2n) is 5.92. The molecule has 0 aliphatic rings. The van der Waals surface area contributed by atoms with Crippen LogP contribution in [0.4, 0.5) is 5.69 Å². The Labute approximate surface area is 145 Å². The van der Waals surface area contributed by atoms with Crippen molar-refractivity contribution in [2.75, 3.05) is 11.1 Å². The summed E-state index contributed by atoms with van der Waals surface area (Å²) in [5.41, 5.74) is -0.635. The second kappa shape index (κ2) is 6.67. The van der Waals surface area contributed by atoms with Crippen molar-refractivity contribution in [2.45, 2.75) is 31.2 Å². The van der Waals surface area contributed by atoms with Crippen molar-refractivity contribution in [3.05, 3.63) is 42.2 Å². The number of carboxylic acids is 1. The number of carboxylic acid groups (broad SMARTS) is 1. The Morgan fingerprint density at radius 2 is 1.84 bits per heavy atom. The number of nitrogens with zero attached hydrogens (tertiary/aromatic N) is 2. The third-order valence-corrected chi connectivity index (χ3v) is 5.54. The normalized spacial score (nSPS) is 12.0. The van der Waals surface area contributed by atoms with Gasteiger partial charge in [-0.15, -0.1) is 0 Å². The fourth-order valence-corrected chi connectivity index (χ4v) is 2.86. The molecule has 1 amide bonds. The summed E-state index contributed by atoms with van der Waals surface area (Å²) < 4.78 is 24.8. The summed E-state index contributed by atoms with van der Waals surface area (Å²) >= 11 is 0. The van der Waals surface area contributed by atoms with Crippen LogP contribution in [0.15, 0.2) is 41.6 Å². The molecule has 2 aromatic rings. The molecule has 0 fully saturated rings. The molecule has 8 nitrogen and oxygen atoms in total. The van der Waals surface area contributed by atoms with Crippen molar-refractivity contribution in [1.82, 2.24) is 9.78 Å². The first-order valence-corrected chi connectivity index (χ1v) is 9.16. The maximum atomic E-state index is 12.2. The zero-order chi connectivity index (χ0) is 18.8. The van der Waals surface area contributed by atoms with Gasteiger partial charge in [0.15, 0.2) is 15.4 Å². The predicted octanol–water partition coefficient (Wildman–Crippen LogP) is 1.75. The van der Waals surface area contributed by atoms with E-state index in [-0.39, 0.29) is 16.2 Å². The van der Waals surface area contributed by atoms with Gasteiger partial charge < -0.3 is 10.4 Å². The summed E-state index contributed by atoms with van der Waals surface area (Å²) in [6, 6.07) is 5.60. The van der Waals surface area contributed by atoms with Crippen LogP contribution >= 0.6 is 0 Å². The van der Waals surface area contributed by atoms with Gasteiger partial charge in [0.1, 0.15) is 0 Å². The van der Waals surface area contributed by atoms with Crippen molar-refractivity contribution >= 4 is 27.4 Å². The smallest absolute Gasteiger partial charge is 0.331 e. The summed E-state index contributed by atoms with van der Waals surface area (Å²) in [4.78, 5) is 23.6. The van der Waals surface area contributed by atoms with E-state index in [1.165, 1.54) is 55.2 Å². The molecule has 0 radical (unpaired) electrons. The Hall–Kier alpha value is -2.68. The van der Waals surface area contributed by atoms with Crippen LogP contribution in [0.25, 0.3) is 0 Å². The van der Waals surface area contributed by atoms with Crippen molar-refractivity contribution < 1.29 is 23.1 Å². The minimum atomic E-state index is -3.32. The number of aliphatic carboxylic acids is 1. The highest BCUT2D eigenvalue weighted by Gasteiger charge is 2.30. The minimum Gasteiger partial charge on any atom is -0.479 e. The third-order valence-electron chi connectivity index (χ3n) is 3.79. The molecule has 0 bridgehead atoms. The van der Waals surface area contributed by atoms with Crippen molar-refractivity contribution in [2.24, 2.45) is 0 Å². The molecule has 1 aromatic heterocycles. The van der Waals surface area contributed by atoms with E-state index in [4.69, 9.17) is 0 Å². The molecule has 0 saturated carbocycles. The zero-order valence-electron chi connectivity index (χ0n) is 14.1. The van der Waals surface area contributed by atoms with Crippen molar-refractivity contribution in [3.63, 3.8) is 0 Å². The van der Waals surface area contributed by atoms with Gasteiger partial charge >= 0.3 is 5.97 Å². The fourth-order valence-electron chi connectivity index (χ4n) is 1.97. The average molecular weight is 365 g/mol. The highest BCUT2D eigenvalue weighted by atomic mass is 32.2. The first-order valence-electron chi connectivity index (χ1n) is 7.50. The average Bonchev–Trinajstić information content (AvgIpc) is 3.04. The summed E-state index contributed by atoms with van der Waals surface area (Å²) in [5.74, 6) is -1.52. The Morgan fingerprint density at radius 3 is 2.36 bits per heavy atom. The number of sulfone groups is 1. The lowest BCUT2D eigenvalue weighted by molar-refractivity contribution is -0.146. The molecule has 0 aliphatic carbocycles. The summed E-state index contributed by atoms with van der Waals surface area (Å²) in [6.07, 6.45) is 2.76. The number of rotatable bonds is 6. The van der Waals surface area contributed by atoms with Crippen LogP contribution in [0.2, 0.25) is 0 Å². The van der Waals surface area contributed by atoms with Crippen LogP contribution in [0, 0.1) is 0 Å². The van der Waals surface area contributed by atoms with E-state index in [9.17, 15) is 23.1 Å². The van der Waals surface area contributed by atoms with Crippen LogP contribution in [0.1, 0.15) is 31.1 Å². The van der Waals surface area contributed by atoms with Crippen LogP contribution in [0.5, 0.6) is 0 Å². The van der Waals surface area contributed by atoms with E-state index in [2.05, 4.69) is 10.4 Å². The number of anilines is 1. The fraction of sp³-hybridized carbons (Fsp3) is 0.312. The maximum Gasteiger partial charge on any atom is 0.331 e. The number of carbonyl (C=O) groups excluding carboxylic acids is 1. The first-order chi connectivity index (χ1) is 11.6. The first kappa shape index (κ1) is 18.7. The third kappa shape index (κ3) is 3.87. The van der Waals surface area contributed by atoms with Gasteiger partial charge in [0.2, 0.25) is 0 Å². The van der Waals surface area contributed by atoms with Gasteiger partial charge in [0.05, 0.1) is 22.5 Å². The van der Waals surface area contributed by atoms with E-state index in [0.717, 1.165) is 0 Å². The van der Waals surface area contributed by atoms with Gasteiger partial charge in [0.25, 0.3) is 5.91 Å². The molecule has 0 atom stereocenters. The molecule has 1 heterocycles. The second-order valence-corrected chi connectivity index (χ2v) is 8.20. The summed E-state index contributed by atoms with van der Waals surface area (Å²) in [7, 11) is -3.32. The van der Waals surface area contributed by atoms with Gasteiger partial charge in [0, 0.05) is 11.8 Å². The number of nitrogens with one attached hydrogen (secondary N) is 1. The maximum absolute atomic E-state index is 12.2. The molecule has 0 unspecified atom stereocenters. The highest BCUT2D eigenvalue weighted by Crippen LogP contribution is 2.18. The molecule has 134 valence electrons. The van der Waals surface area contributed by atoms with Gasteiger partial charge in [-0.3, -0.25) is 9.48 Å². The molecular formula is C16H19N3O5S. The van der Waals surface area contributed by atoms with Gasteiger partial charge in [-0.25, -0.2) is 13.2 Å². The topological polar surface area (TPSA) is 118 Å². The predicted molar refractivity (Wildman–Crippen MR) is 91.3 cm³/mol. The summed E-state index contributed by atoms with van der Waals surface area (Å²) in [5, 5.41) is 15.7. The van der Waals surface area contributed by atoms with E-state index >= 15 is 0 Å². The standard InChI is InChI=1S/C16H19N3O5S/c1-4-25(23,24)13-7-5-11(6-8-13)14(20)18-12-9-17-19(10-12)16(2,3)15(21)22/h5-10H,4H2,1-3H3,(H,18,20)(H,21,22). The lowest BCUT2D eigenvalue weighted by Gasteiger charge is -2.19. The molecule has 9 heteroatoms. The van der Waals surface area contributed by atoms with Gasteiger partial charge in [-0.05, 0) is 38.1 Å². The van der Waals surface area contributed by atoms with Gasteiger partial charge in [-0.1, -0.05) is 6.92 Å². The van der Waals surface area contributed by atoms with Crippen LogP contribution < -0.4 is 5.32 Å². The number of hydrogen-bond donors (Lipinski definition) is 2. The number of carbonyl (C=O) groups is 2. The van der Waals surface area contributed by atoms with Crippen molar-refractivity contribution in [1.29, 1.82) is 0 Å². The Morgan fingerprint density at radius 1 is 1.24 bits per heavy atom. The van der Waals surface area contributed by atoms with Crippen LogP contribution in [-0.4, -0.2) is 40.9 Å². The number of amides is 1. The molecule has 0 spiro atoms. The Bertz CT molecular complexity index is 898. The molecular weight excluding hydrogens is 346 g/mol. The lowest BCUT2D eigenvalue weighted by Crippen LogP contribution is -2.35. The Kier molecular flexibility index (Phi) is 4.98. The highest BCUT2D eigenvalue weighted by molar-refractivity contribution is 7.91. The minimum absolute atomic E-state index is 0.0168. The molecule has 0 saturated heterocycles. The van der Waals surface area contributed by atoms with E-state index in [1.807, 2.05) is 0 Å².